The Balaban J connectivity index is 1.46. The van der Waals surface area contributed by atoms with Gasteiger partial charge in [0.2, 0.25) is 6.79 Å². The molecule has 0 fully saturated rings. The number of hydrogen-bond acceptors (Lipinski definition) is 4. The number of aromatic nitrogens is 2. The van der Waals surface area contributed by atoms with Gasteiger partial charge in [-0.05, 0) is 30.3 Å². The van der Waals surface area contributed by atoms with Crippen LogP contribution in [0.3, 0.4) is 0 Å². The van der Waals surface area contributed by atoms with Gasteiger partial charge in [-0.15, -0.1) is 0 Å². The zero-order valence-corrected chi connectivity index (χ0v) is 17.1. The number of carbonyl (C=O) groups excluding carboxylic acids is 1. The predicted molar refractivity (Wildman–Crippen MR) is 117 cm³/mol. The highest BCUT2D eigenvalue weighted by Gasteiger charge is 2.20. The van der Waals surface area contributed by atoms with Gasteiger partial charge in [0.15, 0.2) is 11.5 Å². The second-order valence-electron chi connectivity index (χ2n) is 7.38. The summed E-state index contributed by atoms with van der Waals surface area (Å²) < 4.78 is 12.6. The van der Waals surface area contributed by atoms with Crippen molar-refractivity contribution in [2.75, 3.05) is 13.8 Å². The molecule has 1 aromatic heterocycles. The molecule has 6 heteroatoms. The van der Waals surface area contributed by atoms with Crippen molar-refractivity contribution in [3.05, 3.63) is 96.2 Å². The van der Waals surface area contributed by atoms with Crippen molar-refractivity contribution in [1.29, 1.82) is 0 Å². The van der Waals surface area contributed by atoms with Crippen molar-refractivity contribution >= 4 is 5.91 Å². The lowest BCUT2D eigenvalue weighted by atomic mass is 10.1. The molecular weight excluding hydrogens is 390 g/mol. The molecule has 1 aliphatic rings. The minimum atomic E-state index is -0.0928. The molecule has 154 valence electrons. The third-order valence-electron chi connectivity index (χ3n) is 5.23. The SMILES string of the molecule is CN(Cc1cn(-c2ccccc2)nc1-c1ccccc1)C(=O)c1ccc2c(c1)OCO2. The summed E-state index contributed by atoms with van der Waals surface area (Å²) in [6.07, 6.45) is 1.99. The van der Waals surface area contributed by atoms with Crippen molar-refractivity contribution < 1.29 is 14.3 Å². The fraction of sp³-hybridized carbons (Fsp3) is 0.120. The van der Waals surface area contributed by atoms with Gasteiger partial charge in [-0.2, -0.15) is 5.10 Å². The quantitative estimate of drug-likeness (QED) is 0.484. The number of para-hydroxylation sites is 1. The minimum absolute atomic E-state index is 0.0928. The molecule has 0 radical (unpaired) electrons. The largest absolute Gasteiger partial charge is 0.454 e. The molecule has 1 aliphatic heterocycles. The van der Waals surface area contributed by atoms with E-state index in [0.29, 0.717) is 23.6 Å². The standard InChI is InChI=1S/C25H21N3O3/c1-27(25(29)19-12-13-22-23(14-19)31-17-30-22)15-20-16-28(21-10-6-3-7-11-21)26-24(20)18-8-4-2-5-9-18/h2-14,16H,15,17H2,1H3. The molecule has 0 atom stereocenters. The van der Waals surface area contributed by atoms with Gasteiger partial charge >= 0.3 is 0 Å². The van der Waals surface area contributed by atoms with Crippen LogP contribution in [0.15, 0.2) is 85.1 Å². The van der Waals surface area contributed by atoms with Crippen molar-refractivity contribution in [3.8, 4) is 28.4 Å². The molecule has 6 nitrogen and oxygen atoms in total. The summed E-state index contributed by atoms with van der Waals surface area (Å²) in [6.45, 7) is 0.603. The van der Waals surface area contributed by atoms with E-state index < -0.39 is 0 Å². The molecule has 0 saturated heterocycles. The number of fused-ring (bicyclic) bond motifs is 1. The molecule has 5 rings (SSSR count). The third-order valence-corrected chi connectivity index (χ3v) is 5.23. The number of benzene rings is 3. The number of carbonyl (C=O) groups is 1. The average molecular weight is 411 g/mol. The van der Waals surface area contributed by atoms with Gasteiger partial charge in [-0.25, -0.2) is 4.68 Å². The summed E-state index contributed by atoms with van der Waals surface area (Å²) in [7, 11) is 1.79. The van der Waals surface area contributed by atoms with Gasteiger partial charge in [0.05, 0.1) is 11.4 Å². The van der Waals surface area contributed by atoms with Crippen LogP contribution in [-0.4, -0.2) is 34.4 Å². The number of amides is 1. The lowest BCUT2D eigenvalue weighted by molar-refractivity contribution is 0.0785. The van der Waals surface area contributed by atoms with Crippen LogP contribution in [0.2, 0.25) is 0 Å². The highest BCUT2D eigenvalue weighted by Crippen LogP contribution is 2.33. The molecule has 0 spiro atoms. The Morgan fingerprint density at radius 1 is 0.968 bits per heavy atom. The molecule has 1 amide bonds. The second kappa shape index (κ2) is 7.99. The first kappa shape index (κ1) is 18.9. The van der Waals surface area contributed by atoms with Crippen LogP contribution in [0.4, 0.5) is 0 Å². The zero-order valence-electron chi connectivity index (χ0n) is 17.1. The van der Waals surface area contributed by atoms with E-state index in [1.807, 2.05) is 71.5 Å². The van der Waals surface area contributed by atoms with Crippen LogP contribution in [0.25, 0.3) is 16.9 Å². The summed E-state index contributed by atoms with van der Waals surface area (Å²) in [6, 6.07) is 25.2. The molecule has 0 N–H and O–H groups in total. The lowest BCUT2D eigenvalue weighted by Crippen LogP contribution is -2.26. The molecule has 31 heavy (non-hydrogen) atoms. The van der Waals surface area contributed by atoms with Gasteiger partial charge in [-0.3, -0.25) is 4.79 Å². The van der Waals surface area contributed by atoms with Crippen LogP contribution in [-0.2, 0) is 6.54 Å². The topological polar surface area (TPSA) is 56.6 Å². The Kier molecular flexibility index (Phi) is 4.88. The maximum Gasteiger partial charge on any atom is 0.254 e. The van der Waals surface area contributed by atoms with E-state index in [1.54, 1.807) is 30.1 Å². The Bertz CT molecular complexity index is 1220. The van der Waals surface area contributed by atoms with E-state index in [9.17, 15) is 4.79 Å². The molecule has 0 unspecified atom stereocenters. The van der Waals surface area contributed by atoms with Crippen LogP contribution in [0.1, 0.15) is 15.9 Å². The first-order chi connectivity index (χ1) is 15.2. The minimum Gasteiger partial charge on any atom is -0.454 e. The van der Waals surface area contributed by atoms with E-state index in [-0.39, 0.29) is 12.7 Å². The second-order valence-corrected chi connectivity index (χ2v) is 7.38. The normalized spacial score (nSPS) is 12.0. The Labute approximate surface area is 180 Å². The van der Waals surface area contributed by atoms with Gasteiger partial charge in [0.25, 0.3) is 5.91 Å². The lowest BCUT2D eigenvalue weighted by Gasteiger charge is -2.17. The molecule has 4 aromatic rings. The fourth-order valence-electron chi connectivity index (χ4n) is 3.65. The summed E-state index contributed by atoms with van der Waals surface area (Å²) in [5.74, 6) is 1.17. The van der Waals surface area contributed by atoms with Crippen molar-refractivity contribution in [2.45, 2.75) is 6.54 Å². The maximum atomic E-state index is 13.1. The van der Waals surface area contributed by atoms with Crippen molar-refractivity contribution in [1.82, 2.24) is 14.7 Å². The third kappa shape index (κ3) is 3.75. The first-order valence-corrected chi connectivity index (χ1v) is 10.0. The number of nitrogens with zero attached hydrogens (tertiary/aromatic N) is 3. The number of rotatable bonds is 5. The van der Waals surface area contributed by atoms with E-state index in [1.165, 1.54) is 0 Å². The van der Waals surface area contributed by atoms with E-state index in [2.05, 4.69) is 0 Å². The Hall–Kier alpha value is -4.06. The van der Waals surface area contributed by atoms with Crippen molar-refractivity contribution in [2.24, 2.45) is 0 Å². The highest BCUT2D eigenvalue weighted by molar-refractivity contribution is 5.94. The zero-order chi connectivity index (χ0) is 21.2. The summed E-state index contributed by atoms with van der Waals surface area (Å²) in [4.78, 5) is 14.8. The molecule has 0 saturated carbocycles. The Morgan fingerprint density at radius 2 is 1.68 bits per heavy atom. The van der Waals surface area contributed by atoms with E-state index in [0.717, 1.165) is 22.5 Å². The first-order valence-electron chi connectivity index (χ1n) is 10.0. The van der Waals surface area contributed by atoms with E-state index >= 15 is 0 Å². The van der Waals surface area contributed by atoms with Gasteiger partial charge in [0, 0.05) is 36.5 Å². The van der Waals surface area contributed by atoms with Gasteiger partial charge < -0.3 is 14.4 Å². The predicted octanol–water partition coefficient (Wildman–Crippen LogP) is 4.54. The van der Waals surface area contributed by atoms with Crippen LogP contribution in [0.5, 0.6) is 11.5 Å². The number of ether oxygens (including phenoxy) is 2. The van der Waals surface area contributed by atoms with Crippen LogP contribution in [0, 0.1) is 0 Å². The monoisotopic (exact) mass is 411 g/mol. The van der Waals surface area contributed by atoms with Gasteiger partial charge in [-0.1, -0.05) is 48.5 Å². The smallest absolute Gasteiger partial charge is 0.254 e. The summed E-state index contributed by atoms with van der Waals surface area (Å²) in [5, 5.41) is 4.83. The van der Waals surface area contributed by atoms with Crippen LogP contribution >= 0.6 is 0 Å². The summed E-state index contributed by atoms with van der Waals surface area (Å²) >= 11 is 0. The summed E-state index contributed by atoms with van der Waals surface area (Å²) in [5.41, 5.74) is 4.36. The average Bonchev–Trinajstić information content (AvgIpc) is 3.46. The van der Waals surface area contributed by atoms with Crippen LogP contribution < -0.4 is 9.47 Å². The number of hydrogen-bond donors (Lipinski definition) is 0. The molecule has 2 heterocycles. The molecule has 3 aromatic carbocycles. The maximum absolute atomic E-state index is 13.1. The Morgan fingerprint density at radius 3 is 2.45 bits per heavy atom. The van der Waals surface area contributed by atoms with Crippen molar-refractivity contribution in [3.63, 3.8) is 0 Å². The van der Waals surface area contributed by atoms with E-state index in [4.69, 9.17) is 14.6 Å². The molecular formula is C25H21N3O3. The fourth-order valence-corrected chi connectivity index (χ4v) is 3.65. The highest BCUT2D eigenvalue weighted by atomic mass is 16.7. The molecule has 0 bridgehead atoms. The molecule has 0 aliphatic carbocycles. The van der Waals surface area contributed by atoms with Gasteiger partial charge in [0.1, 0.15) is 0 Å².